The summed E-state index contributed by atoms with van der Waals surface area (Å²) in [4.78, 5) is 40.7. The van der Waals surface area contributed by atoms with E-state index in [9.17, 15) is 14.4 Å². The standard InChI is InChI=1S/C25H31ClN4O4S/c1-2-34-23(31)21-19-5-3-4-6-20(19)35-22(21)29-24(32)27-15-16-11-13-30(14-12-16)25(33)28-18-9-7-17(26)8-10-18/h7-10,16H,2-6,11-15H2,1H3,(H,28,33)(H2,27,29,32). The second-order valence-electron chi connectivity index (χ2n) is 8.84. The Kier molecular flexibility index (Phi) is 8.51. The average molecular weight is 519 g/mol. The Morgan fingerprint density at radius 1 is 1.09 bits per heavy atom. The van der Waals surface area contributed by atoms with Gasteiger partial charge < -0.3 is 20.3 Å². The first-order valence-corrected chi connectivity index (χ1v) is 13.3. The van der Waals surface area contributed by atoms with Crippen LogP contribution in [0.15, 0.2) is 24.3 Å². The van der Waals surface area contributed by atoms with Gasteiger partial charge in [0, 0.05) is 35.2 Å². The van der Waals surface area contributed by atoms with Gasteiger partial charge in [-0.1, -0.05) is 11.6 Å². The molecular weight excluding hydrogens is 488 g/mol. The van der Waals surface area contributed by atoms with Crippen LogP contribution in [0.25, 0.3) is 0 Å². The Hall–Kier alpha value is -2.78. The fraction of sp³-hybridized carbons (Fsp3) is 0.480. The van der Waals surface area contributed by atoms with Gasteiger partial charge in [0.15, 0.2) is 0 Å². The fourth-order valence-electron chi connectivity index (χ4n) is 4.53. The third-order valence-corrected chi connectivity index (χ3v) is 7.89. The van der Waals surface area contributed by atoms with E-state index in [1.807, 2.05) is 0 Å². The van der Waals surface area contributed by atoms with Crippen molar-refractivity contribution in [1.29, 1.82) is 0 Å². The Labute approximate surface area is 214 Å². The summed E-state index contributed by atoms with van der Waals surface area (Å²) >= 11 is 7.37. The van der Waals surface area contributed by atoms with Crippen molar-refractivity contribution in [3.05, 3.63) is 45.3 Å². The van der Waals surface area contributed by atoms with Gasteiger partial charge in [-0.2, -0.15) is 0 Å². The molecule has 1 aromatic heterocycles. The van der Waals surface area contributed by atoms with Crippen LogP contribution in [0.2, 0.25) is 5.02 Å². The molecule has 2 aliphatic rings. The molecule has 1 fully saturated rings. The van der Waals surface area contributed by atoms with Crippen LogP contribution < -0.4 is 16.0 Å². The molecule has 1 aliphatic heterocycles. The van der Waals surface area contributed by atoms with Crippen molar-refractivity contribution in [2.24, 2.45) is 5.92 Å². The molecule has 2 aromatic rings. The van der Waals surface area contributed by atoms with Crippen LogP contribution in [0.3, 0.4) is 0 Å². The van der Waals surface area contributed by atoms with Crippen molar-refractivity contribution in [1.82, 2.24) is 10.2 Å². The van der Waals surface area contributed by atoms with Gasteiger partial charge in [0.2, 0.25) is 0 Å². The van der Waals surface area contributed by atoms with Gasteiger partial charge in [-0.15, -0.1) is 11.3 Å². The van der Waals surface area contributed by atoms with E-state index in [0.29, 0.717) is 47.5 Å². The van der Waals surface area contributed by atoms with Crippen LogP contribution in [0, 0.1) is 5.92 Å². The number of hydrogen-bond acceptors (Lipinski definition) is 5. The molecule has 4 rings (SSSR count). The number of hydrogen-bond donors (Lipinski definition) is 3. The minimum Gasteiger partial charge on any atom is -0.462 e. The lowest BCUT2D eigenvalue weighted by Gasteiger charge is -2.32. The molecule has 35 heavy (non-hydrogen) atoms. The normalized spacial score (nSPS) is 15.8. The number of nitrogens with one attached hydrogen (secondary N) is 3. The van der Waals surface area contributed by atoms with E-state index in [4.69, 9.17) is 16.3 Å². The topological polar surface area (TPSA) is 99.8 Å². The van der Waals surface area contributed by atoms with E-state index in [2.05, 4.69) is 16.0 Å². The van der Waals surface area contributed by atoms with Crippen molar-refractivity contribution in [3.63, 3.8) is 0 Å². The molecule has 188 valence electrons. The molecule has 0 spiro atoms. The van der Waals surface area contributed by atoms with E-state index < -0.39 is 0 Å². The molecule has 4 amide bonds. The van der Waals surface area contributed by atoms with Gasteiger partial charge in [0.1, 0.15) is 5.00 Å². The summed E-state index contributed by atoms with van der Waals surface area (Å²) in [5, 5.41) is 9.91. The van der Waals surface area contributed by atoms with Crippen molar-refractivity contribution in [3.8, 4) is 0 Å². The third-order valence-electron chi connectivity index (χ3n) is 6.43. The number of thiophene rings is 1. The van der Waals surface area contributed by atoms with Crippen molar-refractivity contribution in [2.45, 2.75) is 45.4 Å². The largest absolute Gasteiger partial charge is 0.462 e. The minimum atomic E-state index is -0.369. The number of benzene rings is 1. The fourth-order valence-corrected chi connectivity index (χ4v) is 5.93. The number of aryl methyl sites for hydroxylation is 1. The molecule has 10 heteroatoms. The number of piperidine rings is 1. The summed E-state index contributed by atoms with van der Waals surface area (Å²) in [6.45, 7) is 3.84. The average Bonchev–Trinajstić information content (AvgIpc) is 3.22. The van der Waals surface area contributed by atoms with Crippen molar-refractivity contribution >= 4 is 51.7 Å². The van der Waals surface area contributed by atoms with Crippen molar-refractivity contribution in [2.75, 3.05) is 36.9 Å². The Morgan fingerprint density at radius 3 is 2.51 bits per heavy atom. The number of halogens is 1. The lowest BCUT2D eigenvalue weighted by Crippen LogP contribution is -2.43. The monoisotopic (exact) mass is 518 g/mol. The zero-order chi connectivity index (χ0) is 24.8. The van der Waals surface area contributed by atoms with Crippen LogP contribution in [-0.2, 0) is 17.6 Å². The maximum Gasteiger partial charge on any atom is 0.341 e. The second kappa shape index (κ2) is 11.8. The zero-order valence-electron chi connectivity index (χ0n) is 19.8. The first-order valence-electron chi connectivity index (χ1n) is 12.1. The molecule has 2 heterocycles. The summed E-state index contributed by atoms with van der Waals surface area (Å²) in [6.07, 6.45) is 5.51. The quantitative estimate of drug-likeness (QED) is 0.438. The molecule has 0 saturated carbocycles. The molecular formula is C25H31ClN4O4S. The number of carbonyl (C=O) groups excluding carboxylic acids is 3. The van der Waals surface area contributed by atoms with Gasteiger partial charge in [0.05, 0.1) is 12.2 Å². The number of carbonyl (C=O) groups is 3. The Morgan fingerprint density at radius 2 is 1.80 bits per heavy atom. The highest BCUT2D eigenvalue weighted by Gasteiger charge is 2.28. The highest BCUT2D eigenvalue weighted by Crippen LogP contribution is 2.38. The molecule has 0 atom stereocenters. The number of esters is 1. The smallest absolute Gasteiger partial charge is 0.341 e. The molecule has 0 unspecified atom stereocenters. The predicted octanol–water partition coefficient (Wildman–Crippen LogP) is 5.52. The summed E-state index contributed by atoms with van der Waals surface area (Å²) in [5.41, 5.74) is 2.25. The summed E-state index contributed by atoms with van der Waals surface area (Å²) < 4.78 is 5.25. The third kappa shape index (κ3) is 6.46. The SMILES string of the molecule is CCOC(=O)c1c(NC(=O)NCC2CCN(C(=O)Nc3ccc(Cl)cc3)CC2)sc2c1CCCC2. The number of rotatable bonds is 6. The van der Waals surface area contributed by atoms with E-state index in [-0.39, 0.29) is 23.9 Å². The first-order chi connectivity index (χ1) is 16.9. The summed E-state index contributed by atoms with van der Waals surface area (Å²) in [5.74, 6) is -0.0900. The predicted molar refractivity (Wildman–Crippen MR) is 139 cm³/mol. The summed E-state index contributed by atoms with van der Waals surface area (Å²) in [7, 11) is 0. The Bertz CT molecular complexity index is 1060. The van der Waals surface area contributed by atoms with Crippen LogP contribution in [0.5, 0.6) is 0 Å². The molecule has 1 aromatic carbocycles. The van der Waals surface area contributed by atoms with E-state index in [1.54, 1.807) is 36.1 Å². The second-order valence-corrected chi connectivity index (χ2v) is 10.4. The van der Waals surface area contributed by atoms with Gasteiger partial charge in [-0.3, -0.25) is 5.32 Å². The van der Waals surface area contributed by atoms with Gasteiger partial charge in [-0.25, -0.2) is 14.4 Å². The Balaban J connectivity index is 1.25. The molecule has 0 bridgehead atoms. The minimum absolute atomic E-state index is 0.135. The number of ether oxygens (including phenoxy) is 1. The molecule has 0 radical (unpaired) electrons. The maximum atomic E-state index is 12.6. The van der Waals surface area contributed by atoms with Crippen LogP contribution in [0.1, 0.15) is 53.4 Å². The number of amides is 4. The van der Waals surface area contributed by atoms with Crippen LogP contribution in [0.4, 0.5) is 20.3 Å². The van der Waals surface area contributed by atoms with Gasteiger partial charge in [-0.05, 0) is 81.2 Å². The van der Waals surface area contributed by atoms with Crippen LogP contribution >= 0.6 is 22.9 Å². The number of nitrogens with zero attached hydrogens (tertiary/aromatic N) is 1. The van der Waals surface area contributed by atoms with E-state index in [1.165, 1.54) is 16.2 Å². The molecule has 1 saturated heterocycles. The number of likely N-dealkylation sites (tertiary alicyclic amines) is 1. The molecule has 3 N–H and O–H groups in total. The van der Waals surface area contributed by atoms with Gasteiger partial charge in [0.25, 0.3) is 0 Å². The van der Waals surface area contributed by atoms with Crippen LogP contribution in [-0.4, -0.2) is 49.2 Å². The highest BCUT2D eigenvalue weighted by atomic mass is 35.5. The first kappa shape index (κ1) is 25.3. The number of fused-ring (bicyclic) bond motifs is 1. The maximum absolute atomic E-state index is 12.6. The highest BCUT2D eigenvalue weighted by molar-refractivity contribution is 7.17. The number of anilines is 2. The molecule has 8 nitrogen and oxygen atoms in total. The van der Waals surface area contributed by atoms with Crippen molar-refractivity contribution < 1.29 is 19.1 Å². The lowest BCUT2D eigenvalue weighted by atomic mass is 9.95. The van der Waals surface area contributed by atoms with Gasteiger partial charge >= 0.3 is 18.0 Å². The number of urea groups is 2. The summed E-state index contributed by atoms with van der Waals surface area (Å²) in [6, 6.07) is 6.56. The lowest BCUT2D eigenvalue weighted by molar-refractivity contribution is 0.0526. The van der Waals surface area contributed by atoms with E-state index >= 15 is 0 Å². The van der Waals surface area contributed by atoms with E-state index in [0.717, 1.165) is 44.1 Å². The molecule has 1 aliphatic carbocycles. The zero-order valence-corrected chi connectivity index (χ0v) is 21.4.